The molecule has 2 atom stereocenters. The van der Waals surface area contributed by atoms with Crippen LogP contribution in [0.4, 0.5) is 4.39 Å². The summed E-state index contributed by atoms with van der Waals surface area (Å²) in [6.07, 6.45) is -0.830. The molecule has 0 aliphatic rings. The second-order valence-corrected chi connectivity index (χ2v) is 3.74. The first-order valence-corrected chi connectivity index (χ1v) is 4.71. The number of nitrogens with two attached hydrogens (primary N) is 1. The quantitative estimate of drug-likeness (QED) is 0.852. The van der Waals surface area contributed by atoms with E-state index >= 15 is 0 Å². The van der Waals surface area contributed by atoms with E-state index in [1.165, 1.54) is 13.0 Å². The highest BCUT2D eigenvalue weighted by molar-refractivity contribution is 6.32. The fourth-order valence-corrected chi connectivity index (χ4v) is 1.50. The zero-order valence-corrected chi connectivity index (χ0v) is 10.1. The Kier molecular flexibility index (Phi) is 5.53. The van der Waals surface area contributed by atoms with Gasteiger partial charge in [0.15, 0.2) is 0 Å². The predicted molar refractivity (Wildman–Crippen MR) is 62.0 cm³/mol. The molecular formula is C10H14Cl2FNO. The van der Waals surface area contributed by atoms with Crippen molar-refractivity contribution in [1.29, 1.82) is 0 Å². The van der Waals surface area contributed by atoms with Crippen LogP contribution in [0.15, 0.2) is 12.1 Å². The van der Waals surface area contributed by atoms with Crippen molar-refractivity contribution >= 4 is 24.0 Å². The zero-order valence-electron chi connectivity index (χ0n) is 8.50. The van der Waals surface area contributed by atoms with Gasteiger partial charge in [0.05, 0.1) is 17.2 Å². The number of aryl methyl sites for hydroxylation is 1. The highest BCUT2D eigenvalue weighted by Crippen LogP contribution is 2.29. The van der Waals surface area contributed by atoms with Gasteiger partial charge in [-0.15, -0.1) is 12.4 Å². The van der Waals surface area contributed by atoms with Crippen LogP contribution in [0.1, 0.15) is 24.1 Å². The van der Waals surface area contributed by atoms with Crippen molar-refractivity contribution in [1.82, 2.24) is 0 Å². The van der Waals surface area contributed by atoms with Crippen molar-refractivity contribution in [3.8, 4) is 0 Å². The minimum absolute atomic E-state index is 0. The summed E-state index contributed by atoms with van der Waals surface area (Å²) in [5, 5.41) is 9.55. The molecule has 0 radical (unpaired) electrons. The first-order chi connectivity index (χ1) is 6.45. The van der Waals surface area contributed by atoms with Gasteiger partial charge in [-0.05, 0) is 25.5 Å². The molecule has 0 unspecified atom stereocenters. The standard InChI is InChI=1S/C10H13ClFNO.ClH/c1-5-3-4-7(12)8(9(5)11)10(13)6(2)14;/h3-4,6,10,14H,13H2,1-2H3;1H/t6-,10-;/m1./s1. The third-order valence-corrected chi connectivity index (χ3v) is 2.67. The molecule has 0 bridgehead atoms. The van der Waals surface area contributed by atoms with E-state index in [1.54, 1.807) is 13.0 Å². The van der Waals surface area contributed by atoms with Crippen LogP contribution >= 0.6 is 24.0 Å². The summed E-state index contributed by atoms with van der Waals surface area (Å²) in [4.78, 5) is 0. The number of rotatable bonds is 2. The second kappa shape index (κ2) is 5.66. The maximum absolute atomic E-state index is 13.4. The fraction of sp³-hybridized carbons (Fsp3) is 0.400. The van der Waals surface area contributed by atoms with E-state index in [0.717, 1.165) is 5.56 Å². The molecule has 0 amide bonds. The maximum atomic E-state index is 13.4. The molecule has 0 aliphatic heterocycles. The lowest BCUT2D eigenvalue weighted by molar-refractivity contribution is 0.162. The molecule has 0 fully saturated rings. The Balaban J connectivity index is 0.00000196. The molecule has 0 spiro atoms. The van der Waals surface area contributed by atoms with Crippen LogP contribution in [0, 0.1) is 12.7 Å². The van der Waals surface area contributed by atoms with Gasteiger partial charge < -0.3 is 10.8 Å². The lowest BCUT2D eigenvalue weighted by atomic mass is 10.0. The van der Waals surface area contributed by atoms with Crippen LogP contribution in [-0.4, -0.2) is 11.2 Å². The van der Waals surface area contributed by atoms with Crippen LogP contribution in [0.2, 0.25) is 5.02 Å². The number of aliphatic hydroxyl groups is 1. The van der Waals surface area contributed by atoms with Gasteiger partial charge in [0.1, 0.15) is 5.82 Å². The Morgan fingerprint density at radius 2 is 2.00 bits per heavy atom. The molecule has 0 saturated heterocycles. The zero-order chi connectivity index (χ0) is 10.9. The summed E-state index contributed by atoms with van der Waals surface area (Å²) in [5.41, 5.74) is 6.57. The van der Waals surface area contributed by atoms with Crippen LogP contribution in [0.3, 0.4) is 0 Å². The van der Waals surface area contributed by atoms with Gasteiger partial charge in [-0.3, -0.25) is 0 Å². The van der Waals surface area contributed by atoms with E-state index in [1.807, 2.05) is 0 Å². The Morgan fingerprint density at radius 1 is 1.47 bits per heavy atom. The first kappa shape index (κ1) is 14.6. The molecule has 0 saturated carbocycles. The van der Waals surface area contributed by atoms with Crippen LogP contribution in [0.25, 0.3) is 0 Å². The van der Waals surface area contributed by atoms with Crippen molar-refractivity contribution in [2.75, 3.05) is 0 Å². The lowest BCUT2D eigenvalue weighted by Gasteiger charge is -2.18. The van der Waals surface area contributed by atoms with E-state index in [4.69, 9.17) is 17.3 Å². The third kappa shape index (κ3) is 3.05. The average molecular weight is 254 g/mol. The predicted octanol–water partition coefficient (Wildman–Crippen LogP) is 2.59. The molecule has 1 aromatic carbocycles. The normalized spacial score (nSPS) is 14.3. The number of aliphatic hydroxyl groups excluding tert-OH is 1. The summed E-state index contributed by atoms with van der Waals surface area (Å²) < 4.78 is 13.4. The van der Waals surface area contributed by atoms with Crippen molar-refractivity contribution in [2.45, 2.75) is 26.0 Å². The molecule has 1 aromatic rings. The van der Waals surface area contributed by atoms with Crippen LogP contribution < -0.4 is 5.73 Å². The largest absolute Gasteiger partial charge is 0.391 e. The van der Waals surface area contributed by atoms with Crippen LogP contribution in [-0.2, 0) is 0 Å². The van der Waals surface area contributed by atoms with Gasteiger partial charge in [0.25, 0.3) is 0 Å². The van der Waals surface area contributed by atoms with Crippen molar-refractivity contribution < 1.29 is 9.50 Å². The Bertz CT molecular complexity index is 344. The molecule has 0 heterocycles. The summed E-state index contributed by atoms with van der Waals surface area (Å²) in [6.45, 7) is 3.27. The SMILES string of the molecule is Cc1ccc(F)c([C@H](N)[C@@H](C)O)c1Cl.Cl. The van der Waals surface area contributed by atoms with Gasteiger partial charge >= 0.3 is 0 Å². The van der Waals surface area contributed by atoms with E-state index in [9.17, 15) is 9.50 Å². The minimum atomic E-state index is -0.830. The van der Waals surface area contributed by atoms with Crippen molar-refractivity contribution in [2.24, 2.45) is 5.73 Å². The molecule has 1 rings (SSSR count). The summed E-state index contributed by atoms with van der Waals surface area (Å²) in [7, 11) is 0. The van der Waals surface area contributed by atoms with E-state index in [-0.39, 0.29) is 18.0 Å². The van der Waals surface area contributed by atoms with Gasteiger partial charge in [-0.2, -0.15) is 0 Å². The van der Waals surface area contributed by atoms with E-state index in [0.29, 0.717) is 5.02 Å². The summed E-state index contributed by atoms with van der Waals surface area (Å²) in [6, 6.07) is 2.09. The van der Waals surface area contributed by atoms with Gasteiger partial charge in [0.2, 0.25) is 0 Å². The average Bonchev–Trinajstić information content (AvgIpc) is 2.12. The van der Waals surface area contributed by atoms with Gasteiger partial charge in [0, 0.05) is 5.56 Å². The third-order valence-electron chi connectivity index (χ3n) is 2.17. The fourth-order valence-electron chi connectivity index (χ4n) is 1.23. The van der Waals surface area contributed by atoms with Gasteiger partial charge in [-0.1, -0.05) is 17.7 Å². The minimum Gasteiger partial charge on any atom is -0.391 e. The number of benzene rings is 1. The second-order valence-electron chi connectivity index (χ2n) is 3.36. The lowest BCUT2D eigenvalue weighted by Crippen LogP contribution is -2.24. The molecule has 15 heavy (non-hydrogen) atoms. The molecule has 0 aliphatic carbocycles. The van der Waals surface area contributed by atoms with Crippen LogP contribution in [0.5, 0.6) is 0 Å². The monoisotopic (exact) mass is 253 g/mol. The number of hydrogen-bond donors (Lipinski definition) is 2. The van der Waals surface area contributed by atoms with Crippen molar-refractivity contribution in [3.63, 3.8) is 0 Å². The Labute approximate surface area is 99.6 Å². The molecular weight excluding hydrogens is 240 g/mol. The number of hydrogen-bond acceptors (Lipinski definition) is 2. The highest BCUT2D eigenvalue weighted by Gasteiger charge is 2.20. The van der Waals surface area contributed by atoms with Gasteiger partial charge in [-0.25, -0.2) is 4.39 Å². The molecule has 86 valence electrons. The first-order valence-electron chi connectivity index (χ1n) is 4.33. The Hall–Kier alpha value is -0.350. The summed E-state index contributed by atoms with van der Waals surface area (Å²) >= 11 is 5.91. The molecule has 2 nitrogen and oxygen atoms in total. The van der Waals surface area contributed by atoms with E-state index < -0.39 is 18.0 Å². The molecule has 3 N–H and O–H groups in total. The molecule has 0 aromatic heterocycles. The molecule has 5 heteroatoms. The maximum Gasteiger partial charge on any atom is 0.129 e. The topological polar surface area (TPSA) is 46.2 Å². The number of halogens is 3. The summed E-state index contributed by atoms with van der Waals surface area (Å²) in [5.74, 6) is -0.478. The van der Waals surface area contributed by atoms with Crippen molar-refractivity contribution in [3.05, 3.63) is 34.1 Å². The smallest absolute Gasteiger partial charge is 0.129 e. The highest BCUT2D eigenvalue weighted by atomic mass is 35.5. The Morgan fingerprint density at radius 3 is 2.47 bits per heavy atom. The van der Waals surface area contributed by atoms with E-state index in [2.05, 4.69) is 0 Å².